The molecular formula is C33H38ClN3O3. The average Bonchev–Trinajstić information content (AvgIpc) is 3.40. The Hall–Kier alpha value is -3.35. The molecule has 0 bridgehead atoms. The van der Waals surface area contributed by atoms with Crippen molar-refractivity contribution in [2.45, 2.75) is 31.7 Å². The zero-order valence-electron chi connectivity index (χ0n) is 22.9. The molecule has 2 fully saturated rings. The van der Waals surface area contributed by atoms with Gasteiger partial charge < -0.3 is 19.8 Å². The first-order valence-electron chi connectivity index (χ1n) is 14.3. The third kappa shape index (κ3) is 7.04. The molecule has 7 heteroatoms. The number of piperidine rings is 1. The summed E-state index contributed by atoms with van der Waals surface area (Å²) in [5.41, 5.74) is 2.87. The van der Waals surface area contributed by atoms with E-state index in [0.717, 1.165) is 51.0 Å². The van der Waals surface area contributed by atoms with Crippen LogP contribution in [-0.4, -0.2) is 71.1 Å². The van der Waals surface area contributed by atoms with E-state index in [1.54, 1.807) is 6.07 Å². The van der Waals surface area contributed by atoms with Crippen molar-refractivity contribution in [3.8, 4) is 0 Å². The summed E-state index contributed by atoms with van der Waals surface area (Å²) in [6.45, 7) is 5.37. The zero-order chi connectivity index (χ0) is 27.9. The van der Waals surface area contributed by atoms with Crippen molar-refractivity contribution in [3.63, 3.8) is 0 Å². The highest BCUT2D eigenvalue weighted by Gasteiger charge is 2.38. The minimum atomic E-state index is -0.856. The lowest BCUT2D eigenvalue weighted by molar-refractivity contribution is 0.0780. The largest absolute Gasteiger partial charge is 0.465 e. The number of carbonyl (C=O) groups excluding carboxylic acids is 1. The van der Waals surface area contributed by atoms with Crippen LogP contribution < -0.4 is 0 Å². The van der Waals surface area contributed by atoms with Crippen molar-refractivity contribution < 1.29 is 14.7 Å². The fourth-order valence-corrected chi connectivity index (χ4v) is 6.50. The number of amides is 2. The van der Waals surface area contributed by atoms with Crippen molar-refractivity contribution in [2.75, 3.05) is 39.3 Å². The molecule has 0 aromatic heterocycles. The van der Waals surface area contributed by atoms with Crippen LogP contribution in [0.1, 0.15) is 46.7 Å². The minimum Gasteiger partial charge on any atom is -0.465 e. The lowest BCUT2D eigenvalue weighted by Gasteiger charge is -2.35. The molecule has 0 aliphatic carbocycles. The normalized spacial score (nSPS) is 20.0. The maximum Gasteiger partial charge on any atom is 0.407 e. The van der Waals surface area contributed by atoms with Gasteiger partial charge in [0.2, 0.25) is 0 Å². The number of hydrogen-bond acceptors (Lipinski definition) is 3. The summed E-state index contributed by atoms with van der Waals surface area (Å²) in [5.74, 6) is 1.16. The number of nitrogens with zero attached hydrogens (tertiary/aromatic N) is 3. The second-order valence-corrected chi connectivity index (χ2v) is 11.6. The van der Waals surface area contributed by atoms with E-state index in [1.165, 1.54) is 10.5 Å². The number of rotatable bonds is 9. The molecule has 0 spiro atoms. The summed E-state index contributed by atoms with van der Waals surface area (Å²) in [5, 5.41) is 10.2. The summed E-state index contributed by atoms with van der Waals surface area (Å²) in [6.07, 6.45) is 2.18. The van der Waals surface area contributed by atoms with Crippen LogP contribution in [0.4, 0.5) is 4.79 Å². The zero-order valence-corrected chi connectivity index (χ0v) is 23.6. The lowest BCUT2D eigenvalue weighted by atomic mass is 9.87. The Morgan fingerprint density at radius 2 is 1.52 bits per heavy atom. The molecule has 5 rings (SSSR count). The summed E-state index contributed by atoms with van der Waals surface area (Å²) in [6, 6.07) is 27.6. The highest BCUT2D eigenvalue weighted by atomic mass is 35.5. The van der Waals surface area contributed by atoms with E-state index in [1.807, 2.05) is 59.5 Å². The summed E-state index contributed by atoms with van der Waals surface area (Å²) >= 11 is 6.37. The van der Waals surface area contributed by atoms with Gasteiger partial charge in [-0.15, -0.1) is 0 Å². The Morgan fingerprint density at radius 3 is 2.20 bits per heavy atom. The monoisotopic (exact) mass is 559 g/mol. The van der Waals surface area contributed by atoms with E-state index >= 15 is 0 Å². The van der Waals surface area contributed by atoms with Crippen molar-refractivity contribution in [3.05, 3.63) is 107 Å². The standard InChI is InChI=1S/C33H38ClN3O3/c34-31-14-8-7-13-29(31)32(38)37-23-28(30(24-37)27-11-5-2-6-12-27)22-35-18-15-25(16-19-35)17-20-36(33(39)40)21-26-9-3-1-4-10-26/h1-14,25,28,30H,15-24H2,(H,39,40)/t28-,30+/m0/s1. The van der Waals surface area contributed by atoms with Gasteiger partial charge in [-0.1, -0.05) is 84.4 Å². The van der Waals surface area contributed by atoms with Crippen LogP contribution in [0.3, 0.4) is 0 Å². The van der Waals surface area contributed by atoms with E-state index in [9.17, 15) is 14.7 Å². The minimum absolute atomic E-state index is 0.00577. The van der Waals surface area contributed by atoms with Gasteiger partial charge in [-0.25, -0.2) is 4.79 Å². The Labute approximate surface area is 242 Å². The van der Waals surface area contributed by atoms with Crippen LogP contribution in [0.2, 0.25) is 5.02 Å². The van der Waals surface area contributed by atoms with Crippen molar-refractivity contribution >= 4 is 23.6 Å². The van der Waals surface area contributed by atoms with Gasteiger partial charge in [0.15, 0.2) is 0 Å². The van der Waals surface area contributed by atoms with E-state index < -0.39 is 6.09 Å². The fraction of sp³-hybridized carbons (Fsp3) is 0.394. The molecule has 6 nitrogen and oxygen atoms in total. The molecule has 210 valence electrons. The van der Waals surface area contributed by atoms with Gasteiger partial charge in [-0.3, -0.25) is 4.79 Å². The van der Waals surface area contributed by atoms with E-state index in [2.05, 4.69) is 29.2 Å². The quantitative estimate of drug-likeness (QED) is 0.326. The van der Waals surface area contributed by atoms with Gasteiger partial charge in [-0.05, 0) is 67.4 Å². The number of halogens is 1. The lowest BCUT2D eigenvalue weighted by Crippen LogP contribution is -2.40. The van der Waals surface area contributed by atoms with Gasteiger partial charge in [0.25, 0.3) is 5.91 Å². The molecule has 40 heavy (non-hydrogen) atoms. The highest BCUT2D eigenvalue weighted by Crippen LogP contribution is 2.35. The second-order valence-electron chi connectivity index (χ2n) is 11.2. The maximum atomic E-state index is 13.4. The predicted molar refractivity (Wildman–Crippen MR) is 159 cm³/mol. The Kier molecular flexibility index (Phi) is 9.40. The van der Waals surface area contributed by atoms with E-state index in [4.69, 9.17) is 11.6 Å². The summed E-state index contributed by atoms with van der Waals surface area (Å²) < 4.78 is 0. The number of carboxylic acid groups (broad SMARTS) is 1. The van der Waals surface area contributed by atoms with Crippen LogP contribution in [0.25, 0.3) is 0 Å². The number of benzene rings is 3. The fourth-order valence-electron chi connectivity index (χ4n) is 6.28. The smallest absolute Gasteiger partial charge is 0.407 e. The molecule has 2 aliphatic heterocycles. The molecule has 2 saturated heterocycles. The Balaban J connectivity index is 1.17. The third-order valence-electron chi connectivity index (χ3n) is 8.55. The third-order valence-corrected chi connectivity index (χ3v) is 8.88. The van der Waals surface area contributed by atoms with E-state index in [0.29, 0.717) is 42.1 Å². The number of carbonyl (C=O) groups is 2. The molecule has 1 N–H and O–H groups in total. The van der Waals surface area contributed by atoms with Gasteiger partial charge >= 0.3 is 6.09 Å². The summed E-state index contributed by atoms with van der Waals surface area (Å²) in [4.78, 5) is 31.3. The molecule has 2 heterocycles. The van der Waals surface area contributed by atoms with Gasteiger partial charge in [-0.2, -0.15) is 0 Å². The van der Waals surface area contributed by atoms with Crippen LogP contribution in [0.15, 0.2) is 84.9 Å². The Bertz CT molecular complexity index is 1260. The molecule has 0 unspecified atom stereocenters. The molecule has 0 saturated carbocycles. The predicted octanol–water partition coefficient (Wildman–Crippen LogP) is 6.48. The Morgan fingerprint density at radius 1 is 0.875 bits per heavy atom. The molecular weight excluding hydrogens is 522 g/mol. The van der Waals surface area contributed by atoms with Gasteiger partial charge in [0.05, 0.1) is 10.6 Å². The first-order valence-corrected chi connectivity index (χ1v) is 14.7. The maximum absolute atomic E-state index is 13.4. The SMILES string of the molecule is O=C(O)N(CCC1CCN(C[C@H]2CN(C(=O)c3ccccc3Cl)C[C@@H]2c2ccccc2)CC1)Cc1ccccc1. The second kappa shape index (κ2) is 13.3. The molecule has 2 atom stereocenters. The van der Waals surface area contributed by atoms with Crippen molar-refractivity contribution in [2.24, 2.45) is 11.8 Å². The topological polar surface area (TPSA) is 64.1 Å². The molecule has 0 radical (unpaired) electrons. The van der Waals surface area contributed by atoms with Crippen LogP contribution >= 0.6 is 11.6 Å². The first kappa shape index (κ1) is 28.2. The number of likely N-dealkylation sites (tertiary alicyclic amines) is 2. The van der Waals surface area contributed by atoms with Crippen LogP contribution in [0, 0.1) is 11.8 Å². The molecule has 3 aromatic carbocycles. The number of hydrogen-bond donors (Lipinski definition) is 1. The van der Waals surface area contributed by atoms with Crippen LogP contribution in [-0.2, 0) is 6.54 Å². The highest BCUT2D eigenvalue weighted by molar-refractivity contribution is 6.33. The summed E-state index contributed by atoms with van der Waals surface area (Å²) in [7, 11) is 0. The van der Waals surface area contributed by atoms with Crippen molar-refractivity contribution in [1.29, 1.82) is 0 Å². The molecule has 2 amide bonds. The molecule has 3 aromatic rings. The van der Waals surface area contributed by atoms with Crippen molar-refractivity contribution in [1.82, 2.24) is 14.7 Å². The van der Waals surface area contributed by atoms with E-state index in [-0.39, 0.29) is 11.8 Å². The molecule has 2 aliphatic rings. The van der Waals surface area contributed by atoms with Crippen LogP contribution in [0.5, 0.6) is 0 Å². The first-order chi connectivity index (χ1) is 19.5. The van der Waals surface area contributed by atoms with Gasteiger partial charge in [0.1, 0.15) is 0 Å². The average molecular weight is 560 g/mol. The van der Waals surface area contributed by atoms with Gasteiger partial charge in [0, 0.05) is 38.6 Å².